The van der Waals surface area contributed by atoms with Gasteiger partial charge in [0.05, 0.1) is 5.56 Å². The summed E-state index contributed by atoms with van der Waals surface area (Å²) in [7, 11) is 0. The Hall–Kier alpha value is -3.08. The molecule has 5 nitrogen and oxygen atoms in total. The van der Waals surface area contributed by atoms with E-state index < -0.39 is 6.17 Å². The Morgan fingerprint density at radius 2 is 1.83 bits per heavy atom. The maximum atomic E-state index is 12.7. The quantitative estimate of drug-likeness (QED) is 0.857. The van der Waals surface area contributed by atoms with E-state index in [0.29, 0.717) is 11.1 Å². The monoisotopic (exact) mass is 307 g/mol. The Bertz CT molecular complexity index is 756. The van der Waals surface area contributed by atoms with Crippen LogP contribution in [0.3, 0.4) is 0 Å². The van der Waals surface area contributed by atoms with Crippen LogP contribution in [0, 0.1) is 0 Å². The average molecular weight is 307 g/mol. The van der Waals surface area contributed by atoms with Crippen molar-refractivity contribution in [3.05, 3.63) is 77.9 Å². The number of fused-ring (bicyclic) bond motifs is 1. The number of rotatable bonds is 3. The number of hydrazine groups is 1. The summed E-state index contributed by atoms with van der Waals surface area (Å²) >= 11 is 0. The molecule has 1 heterocycles. The molecule has 1 aliphatic heterocycles. The molecule has 2 amide bonds. The van der Waals surface area contributed by atoms with Crippen molar-refractivity contribution < 1.29 is 9.59 Å². The van der Waals surface area contributed by atoms with Crippen LogP contribution >= 0.6 is 0 Å². The van der Waals surface area contributed by atoms with Gasteiger partial charge in [0.25, 0.3) is 11.8 Å². The van der Waals surface area contributed by atoms with E-state index in [1.54, 1.807) is 36.4 Å². The normalized spacial score (nSPS) is 16.8. The number of hydrogen-bond donors (Lipinski definition) is 2. The van der Waals surface area contributed by atoms with Gasteiger partial charge in [-0.3, -0.25) is 15.0 Å². The van der Waals surface area contributed by atoms with E-state index in [2.05, 4.69) is 10.7 Å². The van der Waals surface area contributed by atoms with Crippen LogP contribution in [0.4, 0.5) is 5.69 Å². The van der Waals surface area contributed by atoms with E-state index in [1.807, 2.05) is 37.3 Å². The Morgan fingerprint density at radius 3 is 2.57 bits per heavy atom. The number of anilines is 1. The Labute approximate surface area is 134 Å². The fourth-order valence-electron chi connectivity index (χ4n) is 2.48. The highest BCUT2D eigenvalue weighted by Crippen LogP contribution is 2.24. The zero-order valence-electron chi connectivity index (χ0n) is 12.7. The average Bonchev–Trinajstić information content (AvgIpc) is 2.59. The van der Waals surface area contributed by atoms with Crippen molar-refractivity contribution in [2.24, 2.45) is 0 Å². The summed E-state index contributed by atoms with van der Waals surface area (Å²) in [5.74, 6) is -0.568. The lowest BCUT2D eigenvalue weighted by molar-refractivity contribution is 0.0535. The van der Waals surface area contributed by atoms with Gasteiger partial charge >= 0.3 is 0 Å². The largest absolute Gasteiger partial charge is 0.360 e. The van der Waals surface area contributed by atoms with E-state index in [9.17, 15) is 9.59 Å². The van der Waals surface area contributed by atoms with Crippen molar-refractivity contribution >= 4 is 17.5 Å². The summed E-state index contributed by atoms with van der Waals surface area (Å²) in [6, 6.07) is 16.1. The maximum absolute atomic E-state index is 12.7. The summed E-state index contributed by atoms with van der Waals surface area (Å²) < 4.78 is 0. The lowest BCUT2D eigenvalue weighted by Crippen LogP contribution is -2.56. The highest BCUT2D eigenvalue weighted by molar-refractivity contribution is 6.04. The molecule has 3 rings (SSSR count). The minimum absolute atomic E-state index is 0.244. The Kier molecular flexibility index (Phi) is 4.10. The first kappa shape index (κ1) is 14.8. The molecule has 1 atom stereocenters. The highest BCUT2D eigenvalue weighted by atomic mass is 16.2. The van der Waals surface area contributed by atoms with Gasteiger partial charge in [-0.25, -0.2) is 5.01 Å². The van der Waals surface area contributed by atoms with Gasteiger partial charge < -0.3 is 5.32 Å². The summed E-state index contributed by atoms with van der Waals surface area (Å²) in [6.07, 6.45) is 3.22. The van der Waals surface area contributed by atoms with Crippen molar-refractivity contribution in [3.8, 4) is 0 Å². The molecule has 5 heteroatoms. The summed E-state index contributed by atoms with van der Waals surface area (Å²) in [4.78, 5) is 25.1. The number of nitrogens with one attached hydrogen (secondary N) is 2. The summed E-state index contributed by atoms with van der Waals surface area (Å²) in [5.41, 5.74) is 4.47. The van der Waals surface area contributed by atoms with Gasteiger partial charge in [0.2, 0.25) is 0 Å². The van der Waals surface area contributed by atoms with Gasteiger partial charge in [0, 0.05) is 11.3 Å². The number of allylic oxidation sites excluding steroid dienone is 1. The zero-order valence-corrected chi connectivity index (χ0v) is 12.7. The van der Waals surface area contributed by atoms with E-state index in [4.69, 9.17) is 0 Å². The van der Waals surface area contributed by atoms with Crippen LogP contribution < -0.4 is 10.7 Å². The second-order valence-electron chi connectivity index (χ2n) is 5.14. The summed E-state index contributed by atoms with van der Waals surface area (Å²) in [6.45, 7) is 1.86. The molecule has 0 bridgehead atoms. The smallest absolute Gasteiger partial charge is 0.276 e. The SMILES string of the molecule is C/C=C/C1Nc2ccccc2C(=O)N1NC(=O)c1ccccc1. The molecule has 1 unspecified atom stereocenters. The number of amides is 2. The molecule has 0 aliphatic carbocycles. The number of benzene rings is 2. The van der Waals surface area contributed by atoms with Gasteiger partial charge in [0.1, 0.15) is 6.17 Å². The first-order valence-corrected chi connectivity index (χ1v) is 7.38. The van der Waals surface area contributed by atoms with Crippen LogP contribution in [0.1, 0.15) is 27.6 Å². The number of carbonyl (C=O) groups excluding carboxylic acids is 2. The lowest BCUT2D eigenvalue weighted by atomic mass is 10.1. The summed E-state index contributed by atoms with van der Waals surface area (Å²) in [5, 5.41) is 4.56. The van der Waals surface area contributed by atoms with E-state index in [-0.39, 0.29) is 11.8 Å². The van der Waals surface area contributed by atoms with E-state index >= 15 is 0 Å². The molecule has 116 valence electrons. The molecule has 1 aliphatic rings. The van der Waals surface area contributed by atoms with Crippen molar-refractivity contribution in [1.29, 1.82) is 0 Å². The van der Waals surface area contributed by atoms with Gasteiger partial charge in [-0.2, -0.15) is 0 Å². The zero-order chi connectivity index (χ0) is 16.2. The Balaban J connectivity index is 1.90. The second-order valence-corrected chi connectivity index (χ2v) is 5.14. The van der Waals surface area contributed by atoms with Crippen molar-refractivity contribution in [3.63, 3.8) is 0 Å². The van der Waals surface area contributed by atoms with Crippen molar-refractivity contribution in [2.75, 3.05) is 5.32 Å². The lowest BCUT2D eigenvalue weighted by Gasteiger charge is -2.36. The third kappa shape index (κ3) is 2.94. The number of para-hydroxylation sites is 1. The van der Waals surface area contributed by atoms with Crippen LogP contribution in [-0.2, 0) is 0 Å². The van der Waals surface area contributed by atoms with Crippen LogP contribution in [0.2, 0.25) is 0 Å². The molecule has 23 heavy (non-hydrogen) atoms. The molecule has 0 saturated heterocycles. The van der Waals surface area contributed by atoms with E-state index in [0.717, 1.165) is 5.69 Å². The second kappa shape index (κ2) is 6.36. The molecule has 2 aromatic rings. The molecule has 0 aromatic heterocycles. The molecular weight excluding hydrogens is 290 g/mol. The number of carbonyl (C=O) groups is 2. The molecule has 0 spiro atoms. The third-order valence-corrected chi connectivity index (χ3v) is 3.59. The maximum Gasteiger partial charge on any atom is 0.276 e. The highest BCUT2D eigenvalue weighted by Gasteiger charge is 2.31. The topological polar surface area (TPSA) is 61.4 Å². The Morgan fingerprint density at radius 1 is 1.13 bits per heavy atom. The number of hydrogen-bond acceptors (Lipinski definition) is 3. The number of nitrogens with zero attached hydrogens (tertiary/aromatic N) is 1. The van der Waals surface area contributed by atoms with Crippen LogP contribution in [-0.4, -0.2) is 23.0 Å². The molecule has 2 N–H and O–H groups in total. The fraction of sp³-hybridized carbons (Fsp3) is 0.111. The molecule has 2 aromatic carbocycles. The van der Waals surface area contributed by atoms with Crippen LogP contribution in [0.25, 0.3) is 0 Å². The van der Waals surface area contributed by atoms with Crippen molar-refractivity contribution in [1.82, 2.24) is 10.4 Å². The van der Waals surface area contributed by atoms with Gasteiger partial charge in [-0.15, -0.1) is 0 Å². The molecule has 0 radical (unpaired) electrons. The first-order chi connectivity index (χ1) is 11.2. The third-order valence-electron chi connectivity index (χ3n) is 3.59. The predicted molar refractivity (Wildman–Crippen MR) is 88.7 cm³/mol. The van der Waals surface area contributed by atoms with Crippen LogP contribution in [0.15, 0.2) is 66.7 Å². The minimum Gasteiger partial charge on any atom is -0.360 e. The molecule has 0 fully saturated rings. The minimum atomic E-state index is -0.435. The van der Waals surface area contributed by atoms with Gasteiger partial charge in [0.15, 0.2) is 0 Å². The van der Waals surface area contributed by atoms with Crippen LogP contribution in [0.5, 0.6) is 0 Å². The standard InChI is InChI=1S/C18H17N3O2/c1-2-8-16-19-15-12-7-6-11-14(15)18(23)21(16)20-17(22)13-9-4-3-5-10-13/h2-12,16,19H,1H3,(H,20,22)/b8-2+. The van der Waals surface area contributed by atoms with Gasteiger partial charge in [-0.1, -0.05) is 36.4 Å². The fourth-order valence-corrected chi connectivity index (χ4v) is 2.48. The van der Waals surface area contributed by atoms with Crippen molar-refractivity contribution in [2.45, 2.75) is 13.1 Å². The molecule has 0 saturated carbocycles. The van der Waals surface area contributed by atoms with Gasteiger partial charge in [-0.05, 0) is 37.3 Å². The molecular formula is C18H17N3O2. The van der Waals surface area contributed by atoms with E-state index in [1.165, 1.54) is 5.01 Å². The predicted octanol–water partition coefficient (Wildman–Crippen LogP) is 2.80. The first-order valence-electron chi connectivity index (χ1n) is 7.38.